The fraction of sp³-hybridized carbons (Fsp3) is 0.200. The largest absolute Gasteiger partial charge is 0.508 e. The maximum Gasteiger partial charge on any atom is 0.120 e. The van der Waals surface area contributed by atoms with Crippen molar-refractivity contribution in [2.75, 3.05) is 0 Å². The standard InChI is InChI=1S/C15H17NO2/c1-11(16)13-5-3-7-15(9-13)18-10-12-4-2-6-14(17)8-12/h2-9,11,17H,10,16H2,1H3/t11-/m1/s1. The number of phenols is 1. The molecule has 0 saturated carbocycles. The summed E-state index contributed by atoms with van der Waals surface area (Å²) in [7, 11) is 0. The van der Waals surface area contributed by atoms with Crippen molar-refractivity contribution in [1.29, 1.82) is 0 Å². The minimum absolute atomic E-state index is 0.00526. The third-order valence-electron chi connectivity index (χ3n) is 2.70. The van der Waals surface area contributed by atoms with E-state index in [0.717, 1.165) is 16.9 Å². The van der Waals surface area contributed by atoms with Gasteiger partial charge in [0.2, 0.25) is 0 Å². The van der Waals surface area contributed by atoms with Crippen molar-refractivity contribution in [2.45, 2.75) is 19.6 Å². The predicted octanol–water partition coefficient (Wildman–Crippen LogP) is 2.99. The molecule has 2 rings (SSSR count). The average Bonchev–Trinajstić information content (AvgIpc) is 2.37. The van der Waals surface area contributed by atoms with Crippen LogP contribution in [0, 0.1) is 0 Å². The average molecular weight is 243 g/mol. The Morgan fingerprint density at radius 2 is 1.94 bits per heavy atom. The van der Waals surface area contributed by atoms with Gasteiger partial charge in [-0.15, -0.1) is 0 Å². The molecule has 2 aromatic rings. The van der Waals surface area contributed by atoms with Crippen molar-refractivity contribution < 1.29 is 9.84 Å². The fourth-order valence-electron chi connectivity index (χ4n) is 1.70. The van der Waals surface area contributed by atoms with E-state index in [1.165, 1.54) is 0 Å². The first-order valence-electron chi connectivity index (χ1n) is 5.91. The zero-order valence-corrected chi connectivity index (χ0v) is 10.3. The highest BCUT2D eigenvalue weighted by atomic mass is 16.5. The van der Waals surface area contributed by atoms with E-state index >= 15 is 0 Å². The molecule has 0 aliphatic heterocycles. The first kappa shape index (κ1) is 12.5. The van der Waals surface area contributed by atoms with Crippen LogP contribution in [-0.4, -0.2) is 5.11 Å². The number of ether oxygens (including phenoxy) is 1. The second-order valence-electron chi connectivity index (χ2n) is 4.32. The monoisotopic (exact) mass is 243 g/mol. The van der Waals surface area contributed by atoms with Crippen LogP contribution in [0.3, 0.4) is 0 Å². The van der Waals surface area contributed by atoms with E-state index in [2.05, 4.69) is 0 Å². The summed E-state index contributed by atoms with van der Waals surface area (Å²) in [6, 6.07) is 14.8. The van der Waals surface area contributed by atoms with Gasteiger partial charge in [-0.1, -0.05) is 24.3 Å². The van der Waals surface area contributed by atoms with Crippen molar-refractivity contribution in [1.82, 2.24) is 0 Å². The molecule has 0 fully saturated rings. The maximum absolute atomic E-state index is 9.36. The lowest BCUT2D eigenvalue weighted by atomic mass is 10.1. The quantitative estimate of drug-likeness (QED) is 0.868. The fourth-order valence-corrected chi connectivity index (χ4v) is 1.70. The SMILES string of the molecule is C[C@@H](N)c1cccc(OCc2cccc(O)c2)c1. The van der Waals surface area contributed by atoms with Gasteiger partial charge in [0, 0.05) is 6.04 Å². The lowest BCUT2D eigenvalue weighted by molar-refractivity contribution is 0.305. The van der Waals surface area contributed by atoms with E-state index in [-0.39, 0.29) is 11.8 Å². The van der Waals surface area contributed by atoms with Gasteiger partial charge in [0.25, 0.3) is 0 Å². The van der Waals surface area contributed by atoms with E-state index in [1.807, 2.05) is 37.3 Å². The van der Waals surface area contributed by atoms with Gasteiger partial charge in [-0.05, 0) is 42.3 Å². The lowest BCUT2D eigenvalue weighted by Crippen LogP contribution is -2.05. The molecule has 0 bridgehead atoms. The minimum atomic E-state index is -0.00526. The Labute approximate surface area is 107 Å². The molecule has 0 heterocycles. The van der Waals surface area contributed by atoms with Gasteiger partial charge in [0.05, 0.1) is 0 Å². The summed E-state index contributed by atoms with van der Waals surface area (Å²) >= 11 is 0. The number of benzene rings is 2. The Bertz CT molecular complexity index is 523. The first-order chi connectivity index (χ1) is 8.65. The van der Waals surface area contributed by atoms with E-state index < -0.39 is 0 Å². The summed E-state index contributed by atoms with van der Waals surface area (Å²) in [5.41, 5.74) is 7.80. The van der Waals surface area contributed by atoms with E-state index in [4.69, 9.17) is 10.5 Å². The summed E-state index contributed by atoms with van der Waals surface area (Å²) in [6.45, 7) is 2.37. The smallest absolute Gasteiger partial charge is 0.120 e. The second kappa shape index (κ2) is 5.56. The van der Waals surface area contributed by atoms with Crippen LogP contribution in [0.1, 0.15) is 24.1 Å². The molecule has 0 aromatic heterocycles. The molecule has 18 heavy (non-hydrogen) atoms. The molecule has 3 nitrogen and oxygen atoms in total. The molecule has 0 saturated heterocycles. The maximum atomic E-state index is 9.36. The van der Waals surface area contributed by atoms with Crippen LogP contribution in [0.2, 0.25) is 0 Å². The molecule has 0 aliphatic carbocycles. The number of phenolic OH excluding ortho intramolecular Hbond substituents is 1. The number of rotatable bonds is 4. The molecular formula is C15H17NO2. The Kier molecular flexibility index (Phi) is 3.85. The van der Waals surface area contributed by atoms with Gasteiger partial charge < -0.3 is 15.6 Å². The number of nitrogens with two attached hydrogens (primary N) is 1. The third kappa shape index (κ3) is 3.25. The van der Waals surface area contributed by atoms with Crippen molar-refractivity contribution in [3.05, 3.63) is 59.7 Å². The van der Waals surface area contributed by atoms with Crippen LogP contribution in [0.5, 0.6) is 11.5 Å². The highest BCUT2D eigenvalue weighted by Gasteiger charge is 2.02. The van der Waals surface area contributed by atoms with E-state index in [0.29, 0.717) is 6.61 Å². The molecule has 0 unspecified atom stereocenters. The van der Waals surface area contributed by atoms with Crippen LogP contribution in [0.25, 0.3) is 0 Å². The summed E-state index contributed by atoms with van der Waals surface area (Å²) in [6.07, 6.45) is 0. The zero-order chi connectivity index (χ0) is 13.0. The van der Waals surface area contributed by atoms with Crippen LogP contribution < -0.4 is 10.5 Å². The predicted molar refractivity (Wildman–Crippen MR) is 71.5 cm³/mol. The normalized spacial score (nSPS) is 12.1. The number of hydrogen-bond acceptors (Lipinski definition) is 3. The molecule has 0 aliphatic rings. The van der Waals surface area contributed by atoms with Gasteiger partial charge in [-0.2, -0.15) is 0 Å². The van der Waals surface area contributed by atoms with Crippen molar-refractivity contribution >= 4 is 0 Å². The lowest BCUT2D eigenvalue weighted by Gasteiger charge is -2.10. The summed E-state index contributed by atoms with van der Waals surface area (Å²) in [5.74, 6) is 1.04. The molecule has 0 radical (unpaired) electrons. The molecule has 0 amide bonds. The number of aromatic hydroxyl groups is 1. The van der Waals surface area contributed by atoms with Crippen LogP contribution in [-0.2, 0) is 6.61 Å². The highest BCUT2D eigenvalue weighted by Crippen LogP contribution is 2.19. The molecule has 94 valence electrons. The third-order valence-corrected chi connectivity index (χ3v) is 2.70. The Hall–Kier alpha value is -2.00. The molecular weight excluding hydrogens is 226 g/mol. The molecule has 3 N–H and O–H groups in total. The summed E-state index contributed by atoms with van der Waals surface area (Å²) in [5, 5.41) is 9.36. The van der Waals surface area contributed by atoms with Gasteiger partial charge in [-0.25, -0.2) is 0 Å². The summed E-state index contributed by atoms with van der Waals surface area (Å²) < 4.78 is 5.67. The van der Waals surface area contributed by atoms with Crippen LogP contribution in [0.15, 0.2) is 48.5 Å². The highest BCUT2D eigenvalue weighted by molar-refractivity contribution is 5.31. The first-order valence-corrected chi connectivity index (χ1v) is 5.91. The van der Waals surface area contributed by atoms with Crippen LogP contribution >= 0.6 is 0 Å². The topological polar surface area (TPSA) is 55.5 Å². The molecule has 0 spiro atoms. The van der Waals surface area contributed by atoms with Crippen LogP contribution in [0.4, 0.5) is 0 Å². The second-order valence-corrected chi connectivity index (χ2v) is 4.32. The minimum Gasteiger partial charge on any atom is -0.508 e. The van der Waals surface area contributed by atoms with Crippen molar-refractivity contribution in [3.63, 3.8) is 0 Å². The van der Waals surface area contributed by atoms with Gasteiger partial charge in [0.1, 0.15) is 18.1 Å². The van der Waals surface area contributed by atoms with Gasteiger partial charge >= 0.3 is 0 Å². The van der Waals surface area contributed by atoms with Gasteiger partial charge in [-0.3, -0.25) is 0 Å². The zero-order valence-electron chi connectivity index (χ0n) is 10.3. The Morgan fingerprint density at radius 3 is 2.67 bits per heavy atom. The van der Waals surface area contributed by atoms with Gasteiger partial charge in [0.15, 0.2) is 0 Å². The van der Waals surface area contributed by atoms with E-state index in [1.54, 1.807) is 18.2 Å². The van der Waals surface area contributed by atoms with Crippen molar-refractivity contribution in [3.8, 4) is 11.5 Å². The van der Waals surface area contributed by atoms with E-state index in [9.17, 15) is 5.11 Å². The molecule has 3 heteroatoms. The molecule has 2 aromatic carbocycles. The van der Waals surface area contributed by atoms with Crippen molar-refractivity contribution in [2.24, 2.45) is 5.73 Å². The Balaban J connectivity index is 2.04. The Morgan fingerprint density at radius 1 is 1.17 bits per heavy atom. The molecule has 1 atom stereocenters. The summed E-state index contributed by atoms with van der Waals surface area (Å²) in [4.78, 5) is 0. The number of hydrogen-bond donors (Lipinski definition) is 2.